The molecule has 124 valence electrons. The van der Waals surface area contributed by atoms with Crippen LogP contribution >= 0.6 is 23.2 Å². The predicted octanol–water partition coefficient (Wildman–Crippen LogP) is 5.46. The third kappa shape index (κ3) is 4.54. The van der Waals surface area contributed by atoms with Crippen molar-refractivity contribution in [1.82, 2.24) is 5.32 Å². The first kappa shape index (κ1) is 16.9. The zero-order valence-electron chi connectivity index (χ0n) is 13.0. The zero-order valence-corrected chi connectivity index (χ0v) is 14.5. The van der Waals surface area contributed by atoms with Crippen LogP contribution in [0.25, 0.3) is 0 Å². The molecule has 1 N–H and O–H groups in total. The Morgan fingerprint density at radius 3 is 2.29 bits per heavy atom. The van der Waals surface area contributed by atoms with Gasteiger partial charge in [0.2, 0.25) is 0 Å². The van der Waals surface area contributed by atoms with Crippen LogP contribution in [-0.4, -0.2) is 0 Å². The van der Waals surface area contributed by atoms with Gasteiger partial charge in [-0.25, -0.2) is 0 Å². The predicted molar refractivity (Wildman–Crippen MR) is 96.5 cm³/mol. The minimum absolute atomic E-state index is 0.427. The average Bonchev–Trinajstić information content (AvgIpc) is 3.08. The van der Waals surface area contributed by atoms with E-state index < -0.39 is 0 Å². The molecule has 1 heterocycles. The quantitative estimate of drug-likeness (QED) is 0.606. The van der Waals surface area contributed by atoms with E-state index in [0.717, 1.165) is 16.9 Å². The first-order valence-electron chi connectivity index (χ1n) is 7.60. The van der Waals surface area contributed by atoms with E-state index >= 15 is 0 Å². The van der Waals surface area contributed by atoms with Crippen molar-refractivity contribution in [2.75, 3.05) is 0 Å². The first-order valence-corrected chi connectivity index (χ1v) is 8.36. The number of benzene rings is 2. The number of furan rings is 1. The van der Waals surface area contributed by atoms with Gasteiger partial charge in [0.05, 0.1) is 22.9 Å². The highest BCUT2D eigenvalue weighted by atomic mass is 35.5. The van der Waals surface area contributed by atoms with Crippen LogP contribution in [0.15, 0.2) is 65.3 Å². The summed E-state index contributed by atoms with van der Waals surface area (Å²) >= 11 is 12.6. The molecular formula is C19H17Cl2NO2. The van der Waals surface area contributed by atoms with Crippen molar-refractivity contribution < 1.29 is 9.15 Å². The van der Waals surface area contributed by atoms with Gasteiger partial charge in [-0.15, -0.1) is 0 Å². The van der Waals surface area contributed by atoms with Gasteiger partial charge in [-0.05, 0) is 35.4 Å². The van der Waals surface area contributed by atoms with Gasteiger partial charge in [0.15, 0.2) is 5.75 Å². The van der Waals surface area contributed by atoms with Crippen molar-refractivity contribution in [3.63, 3.8) is 0 Å². The van der Waals surface area contributed by atoms with Gasteiger partial charge >= 0.3 is 0 Å². The Morgan fingerprint density at radius 2 is 1.62 bits per heavy atom. The van der Waals surface area contributed by atoms with Gasteiger partial charge < -0.3 is 14.5 Å². The average molecular weight is 362 g/mol. The van der Waals surface area contributed by atoms with E-state index in [4.69, 9.17) is 32.4 Å². The van der Waals surface area contributed by atoms with Crippen LogP contribution in [0.2, 0.25) is 10.0 Å². The maximum atomic E-state index is 6.32. The van der Waals surface area contributed by atoms with Crippen LogP contribution in [-0.2, 0) is 19.7 Å². The van der Waals surface area contributed by atoms with Gasteiger partial charge in [-0.1, -0.05) is 53.5 Å². The number of nitrogens with one attached hydrogen (secondary N) is 1. The van der Waals surface area contributed by atoms with Crippen LogP contribution in [0.1, 0.15) is 16.9 Å². The van der Waals surface area contributed by atoms with Crippen molar-refractivity contribution >= 4 is 23.2 Å². The fourth-order valence-electron chi connectivity index (χ4n) is 2.33. The number of hydrogen-bond donors (Lipinski definition) is 1. The summed E-state index contributed by atoms with van der Waals surface area (Å²) in [4.78, 5) is 0. The second-order valence-corrected chi connectivity index (χ2v) is 6.16. The van der Waals surface area contributed by atoms with E-state index in [-0.39, 0.29) is 0 Å². The molecule has 0 atom stereocenters. The summed E-state index contributed by atoms with van der Waals surface area (Å²) in [6, 6.07) is 17.4. The maximum Gasteiger partial charge on any atom is 0.156 e. The third-order valence-electron chi connectivity index (χ3n) is 3.49. The number of rotatable bonds is 7. The molecule has 0 aliphatic rings. The summed E-state index contributed by atoms with van der Waals surface area (Å²) in [6.07, 6.45) is 1.66. The van der Waals surface area contributed by atoms with Gasteiger partial charge in [-0.2, -0.15) is 0 Å². The highest BCUT2D eigenvalue weighted by Gasteiger charge is 2.10. The molecule has 3 aromatic rings. The first-order chi connectivity index (χ1) is 11.7. The molecule has 0 saturated heterocycles. The van der Waals surface area contributed by atoms with Crippen LogP contribution in [0.5, 0.6) is 5.75 Å². The monoisotopic (exact) mass is 361 g/mol. The Bertz CT molecular complexity index is 750. The molecule has 3 nitrogen and oxygen atoms in total. The lowest BCUT2D eigenvalue weighted by atomic mass is 10.2. The second kappa shape index (κ2) is 8.25. The van der Waals surface area contributed by atoms with Gasteiger partial charge in [0.25, 0.3) is 0 Å². The lowest BCUT2D eigenvalue weighted by Crippen LogP contribution is -2.12. The van der Waals surface area contributed by atoms with Gasteiger partial charge in [0, 0.05) is 6.54 Å². The standard InChI is InChI=1S/C19H17Cl2NO2/c20-17-9-15(11-22-12-16-7-4-8-23-16)10-18(21)19(17)24-13-14-5-2-1-3-6-14/h1-10,22H,11-13H2. The molecule has 24 heavy (non-hydrogen) atoms. The number of ether oxygens (including phenoxy) is 1. The Kier molecular flexibility index (Phi) is 5.81. The van der Waals surface area contributed by atoms with Crippen LogP contribution in [0, 0.1) is 0 Å². The molecule has 5 heteroatoms. The summed E-state index contributed by atoms with van der Waals surface area (Å²) in [5.74, 6) is 1.40. The molecule has 0 bridgehead atoms. The van der Waals surface area contributed by atoms with Gasteiger partial charge in [0.1, 0.15) is 12.4 Å². The smallest absolute Gasteiger partial charge is 0.156 e. The molecule has 3 rings (SSSR count). The van der Waals surface area contributed by atoms with Gasteiger partial charge in [-0.3, -0.25) is 0 Å². The molecule has 0 aliphatic carbocycles. The molecule has 0 radical (unpaired) electrons. The van der Waals surface area contributed by atoms with E-state index in [1.807, 2.05) is 54.6 Å². The summed E-state index contributed by atoms with van der Waals surface area (Å²) in [5, 5.41) is 4.30. The molecule has 0 saturated carbocycles. The molecule has 0 unspecified atom stereocenters. The number of halogens is 2. The number of hydrogen-bond acceptors (Lipinski definition) is 3. The van der Waals surface area contributed by atoms with Crippen molar-refractivity contribution in [2.24, 2.45) is 0 Å². The van der Waals surface area contributed by atoms with E-state index in [1.165, 1.54) is 0 Å². The Morgan fingerprint density at radius 1 is 0.875 bits per heavy atom. The fraction of sp³-hybridized carbons (Fsp3) is 0.158. The van der Waals surface area contributed by atoms with E-state index in [0.29, 0.717) is 35.5 Å². The minimum atomic E-state index is 0.427. The van der Waals surface area contributed by atoms with Crippen LogP contribution < -0.4 is 10.1 Å². The summed E-state index contributed by atoms with van der Waals surface area (Å²) in [6.45, 7) is 1.71. The summed E-state index contributed by atoms with van der Waals surface area (Å²) < 4.78 is 11.1. The Labute approximate surface area is 151 Å². The van der Waals surface area contributed by atoms with E-state index in [1.54, 1.807) is 6.26 Å². The molecule has 0 spiro atoms. The molecule has 2 aromatic carbocycles. The maximum absolute atomic E-state index is 6.32. The highest BCUT2D eigenvalue weighted by molar-refractivity contribution is 6.37. The van der Waals surface area contributed by atoms with Crippen molar-refractivity contribution in [3.8, 4) is 5.75 Å². The largest absolute Gasteiger partial charge is 0.486 e. The third-order valence-corrected chi connectivity index (χ3v) is 4.05. The second-order valence-electron chi connectivity index (χ2n) is 5.35. The summed E-state index contributed by atoms with van der Waals surface area (Å²) in [7, 11) is 0. The summed E-state index contributed by atoms with van der Waals surface area (Å²) in [5.41, 5.74) is 2.05. The lowest BCUT2D eigenvalue weighted by Gasteiger charge is -2.12. The Balaban J connectivity index is 1.60. The minimum Gasteiger partial charge on any atom is -0.486 e. The molecule has 0 fully saturated rings. The van der Waals surface area contributed by atoms with E-state index in [2.05, 4.69) is 5.32 Å². The molecule has 0 aliphatic heterocycles. The molecule has 0 amide bonds. The Hall–Kier alpha value is -1.94. The molecular weight excluding hydrogens is 345 g/mol. The van der Waals surface area contributed by atoms with Crippen molar-refractivity contribution in [3.05, 3.63) is 87.8 Å². The zero-order chi connectivity index (χ0) is 16.8. The SMILES string of the molecule is Clc1cc(CNCc2ccco2)cc(Cl)c1OCc1ccccc1. The van der Waals surface area contributed by atoms with Crippen molar-refractivity contribution in [1.29, 1.82) is 0 Å². The lowest BCUT2D eigenvalue weighted by molar-refractivity contribution is 0.306. The van der Waals surface area contributed by atoms with Crippen molar-refractivity contribution in [2.45, 2.75) is 19.7 Å². The fourth-order valence-corrected chi connectivity index (χ4v) is 2.97. The van der Waals surface area contributed by atoms with E-state index in [9.17, 15) is 0 Å². The van der Waals surface area contributed by atoms with Crippen LogP contribution in [0.3, 0.4) is 0 Å². The molecule has 1 aromatic heterocycles. The normalized spacial score (nSPS) is 10.8. The van der Waals surface area contributed by atoms with Crippen LogP contribution in [0.4, 0.5) is 0 Å². The highest BCUT2D eigenvalue weighted by Crippen LogP contribution is 2.34. The topological polar surface area (TPSA) is 34.4 Å².